The van der Waals surface area contributed by atoms with Crippen LogP contribution in [-0.2, 0) is 26.2 Å². The zero-order valence-electron chi connectivity index (χ0n) is 21.1. The van der Waals surface area contributed by atoms with Gasteiger partial charge in [0.15, 0.2) is 0 Å². The van der Waals surface area contributed by atoms with Crippen molar-refractivity contribution in [1.29, 1.82) is 0 Å². The largest absolute Gasteiger partial charge is 0.352 e. The first kappa shape index (κ1) is 29.6. The van der Waals surface area contributed by atoms with Gasteiger partial charge in [0.2, 0.25) is 21.8 Å². The van der Waals surface area contributed by atoms with E-state index in [1.54, 1.807) is 50.2 Å². The van der Waals surface area contributed by atoms with Crippen molar-refractivity contribution in [2.75, 3.05) is 17.1 Å². The summed E-state index contributed by atoms with van der Waals surface area (Å²) in [7, 11) is -3.84. The third-order valence-corrected chi connectivity index (χ3v) is 8.53. The van der Waals surface area contributed by atoms with Gasteiger partial charge in [-0.05, 0) is 68.1 Å². The molecule has 2 aromatic rings. The number of benzene rings is 2. The molecule has 0 heterocycles. The Morgan fingerprint density at radius 2 is 1.65 bits per heavy atom. The van der Waals surface area contributed by atoms with E-state index in [0.29, 0.717) is 31.9 Å². The van der Waals surface area contributed by atoms with E-state index in [1.807, 2.05) is 0 Å². The Morgan fingerprint density at radius 3 is 2.24 bits per heavy atom. The summed E-state index contributed by atoms with van der Waals surface area (Å²) >= 11 is 18.5. The highest BCUT2D eigenvalue weighted by molar-refractivity contribution is 7.92. The third kappa shape index (κ3) is 7.99. The summed E-state index contributed by atoms with van der Waals surface area (Å²) in [5.74, 6) is -0.837. The molecule has 1 aliphatic rings. The van der Waals surface area contributed by atoms with Crippen molar-refractivity contribution in [1.82, 2.24) is 10.2 Å². The van der Waals surface area contributed by atoms with Gasteiger partial charge >= 0.3 is 0 Å². The van der Waals surface area contributed by atoms with E-state index in [9.17, 15) is 18.0 Å². The summed E-state index contributed by atoms with van der Waals surface area (Å²) in [5, 5.41) is 4.30. The molecule has 1 fully saturated rings. The summed E-state index contributed by atoms with van der Waals surface area (Å²) in [6, 6.07) is 8.85. The molecule has 0 bridgehead atoms. The molecular weight excluding hydrogens is 557 g/mol. The number of nitrogens with one attached hydrogen (secondary N) is 1. The molecule has 0 radical (unpaired) electrons. The molecule has 0 aliphatic heterocycles. The van der Waals surface area contributed by atoms with Crippen LogP contribution in [0.1, 0.15) is 50.2 Å². The Balaban J connectivity index is 1.92. The molecule has 1 aliphatic carbocycles. The molecular formula is C26H32Cl3N3O4S. The number of amides is 2. The van der Waals surface area contributed by atoms with Crippen LogP contribution in [0.4, 0.5) is 5.69 Å². The first-order chi connectivity index (χ1) is 17.4. The number of aryl methyl sites for hydroxylation is 1. The number of hydrogen-bond donors (Lipinski definition) is 1. The lowest BCUT2D eigenvalue weighted by Gasteiger charge is -2.33. The van der Waals surface area contributed by atoms with Gasteiger partial charge in [-0.25, -0.2) is 8.42 Å². The zero-order chi connectivity index (χ0) is 27.3. The monoisotopic (exact) mass is 587 g/mol. The number of carbonyl (C=O) groups excluding carboxylic acids is 2. The molecule has 2 amide bonds. The van der Waals surface area contributed by atoms with E-state index in [-0.39, 0.29) is 18.5 Å². The maximum Gasteiger partial charge on any atom is 0.244 e. The van der Waals surface area contributed by atoms with Crippen LogP contribution in [-0.4, -0.2) is 50.0 Å². The highest BCUT2D eigenvalue weighted by Crippen LogP contribution is 2.27. The standard InChI is InChI=1S/C26H32Cl3N3O4S/c1-17-13-20(27)11-12-24(17)32(37(3,35)36)16-25(33)31(15-19-9-10-21(28)14-23(19)29)18(2)26(34)30-22-7-5-4-6-8-22/h9-14,18,22H,4-8,15-16H2,1-3H3,(H,30,34)/t18-/m1/s1. The van der Waals surface area contributed by atoms with Gasteiger partial charge in [-0.15, -0.1) is 0 Å². The lowest BCUT2D eigenvalue weighted by molar-refractivity contribution is -0.139. The highest BCUT2D eigenvalue weighted by Gasteiger charge is 2.32. The van der Waals surface area contributed by atoms with Gasteiger partial charge in [-0.1, -0.05) is 60.1 Å². The Bertz CT molecular complexity index is 1250. The third-order valence-electron chi connectivity index (χ3n) is 6.58. The Labute approximate surface area is 234 Å². The molecule has 7 nitrogen and oxygen atoms in total. The maximum absolute atomic E-state index is 13.7. The molecule has 3 rings (SSSR count). The lowest BCUT2D eigenvalue weighted by Crippen LogP contribution is -2.53. The number of hydrogen-bond acceptors (Lipinski definition) is 4. The van der Waals surface area contributed by atoms with Crippen LogP contribution < -0.4 is 9.62 Å². The molecule has 0 saturated heterocycles. The van der Waals surface area contributed by atoms with E-state index in [0.717, 1.165) is 42.7 Å². The minimum atomic E-state index is -3.84. The fraction of sp³-hybridized carbons (Fsp3) is 0.462. The summed E-state index contributed by atoms with van der Waals surface area (Å²) < 4.78 is 26.5. The molecule has 0 spiro atoms. The van der Waals surface area contributed by atoms with E-state index in [4.69, 9.17) is 34.8 Å². The van der Waals surface area contributed by atoms with Gasteiger partial charge < -0.3 is 10.2 Å². The predicted molar refractivity (Wildman–Crippen MR) is 150 cm³/mol. The second-order valence-electron chi connectivity index (χ2n) is 9.48. The molecule has 2 aromatic carbocycles. The number of nitrogens with zero attached hydrogens (tertiary/aromatic N) is 2. The second kappa shape index (κ2) is 12.7. The fourth-order valence-electron chi connectivity index (χ4n) is 4.48. The molecule has 0 unspecified atom stereocenters. The summed E-state index contributed by atoms with van der Waals surface area (Å²) in [5.41, 5.74) is 1.52. The van der Waals surface area contributed by atoms with Crippen molar-refractivity contribution < 1.29 is 18.0 Å². The average molecular weight is 589 g/mol. The van der Waals surface area contributed by atoms with Gasteiger partial charge in [-0.3, -0.25) is 13.9 Å². The van der Waals surface area contributed by atoms with Gasteiger partial charge in [0, 0.05) is 27.7 Å². The summed E-state index contributed by atoms with van der Waals surface area (Å²) in [4.78, 5) is 28.3. The second-order valence-corrected chi connectivity index (χ2v) is 12.7. The number of carbonyl (C=O) groups is 2. The van der Waals surface area contributed by atoms with Gasteiger partial charge in [0.25, 0.3) is 0 Å². The zero-order valence-corrected chi connectivity index (χ0v) is 24.2. The quantitative estimate of drug-likeness (QED) is 0.414. The Hall–Kier alpha value is -2.00. The van der Waals surface area contributed by atoms with E-state index < -0.39 is 28.5 Å². The van der Waals surface area contributed by atoms with Gasteiger partial charge in [0.05, 0.1) is 11.9 Å². The number of sulfonamides is 1. The molecule has 37 heavy (non-hydrogen) atoms. The minimum absolute atomic E-state index is 0.00525. The van der Waals surface area contributed by atoms with E-state index in [1.165, 1.54) is 4.90 Å². The van der Waals surface area contributed by atoms with Crippen LogP contribution in [0.15, 0.2) is 36.4 Å². The fourth-order valence-corrected chi connectivity index (χ4v) is 6.08. The predicted octanol–water partition coefficient (Wildman–Crippen LogP) is 5.59. The number of rotatable bonds is 9. The van der Waals surface area contributed by atoms with Crippen LogP contribution in [0.2, 0.25) is 15.1 Å². The van der Waals surface area contributed by atoms with Crippen LogP contribution in [0.3, 0.4) is 0 Å². The van der Waals surface area contributed by atoms with Gasteiger partial charge in [-0.2, -0.15) is 0 Å². The Kier molecular flexibility index (Phi) is 10.1. The van der Waals surface area contributed by atoms with Crippen LogP contribution in [0.25, 0.3) is 0 Å². The molecule has 1 saturated carbocycles. The van der Waals surface area contributed by atoms with E-state index >= 15 is 0 Å². The van der Waals surface area contributed by atoms with Crippen molar-refractivity contribution in [3.05, 3.63) is 62.6 Å². The van der Waals surface area contributed by atoms with Crippen molar-refractivity contribution in [3.8, 4) is 0 Å². The first-order valence-electron chi connectivity index (χ1n) is 12.1. The topological polar surface area (TPSA) is 86.8 Å². The molecule has 0 aromatic heterocycles. The maximum atomic E-state index is 13.7. The van der Waals surface area contributed by atoms with Crippen molar-refractivity contribution in [3.63, 3.8) is 0 Å². The summed E-state index contributed by atoms with van der Waals surface area (Å²) in [6.07, 6.45) is 6.07. The molecule has 202 valence electrons. The SMILES string of the molecule is Cc1cc(Cl)ccc1N(CC(=O)N(Cc1ccc(Cl)cc1Cl)[C@H](C)C(=O)NC1CCCCC1)S(C)(=O)=O. The molecule has 1 atom stereocenters. The van der Waals surface area contributed by atoms with Crippen molar-refractivity contribution in [2.45, 2.75) is 64.6 Å². The molecule has 1 N–H and O–H groups in total. The Morgan fingerprint density at radius 1 is 1.03 bits per heavy atom. The van der Waals surface area contributed by atoms with E-state index in [2.05, 4.69) is 5.32 Å². The number of anilines is 1. The number of halogens is 3. The normalized spacial score (nSPS) is 15.2. The van der Waals surface area contributed by atoms with Crippen LogP contribution in [0, 0.1) is 6.92 Å². The first-order valence-corrected chi connectivity index (χ1v) is 15.1. The smallest absolute Gasteiger partial charge is 0.244 e. The van der Waals surface area contributed by atoms with Gasteiger partial charge in [0.1, 0.15) is 12.6 Å². The van der Waals surface area contributed by atoms with Crippen molar-refractivity contribution >= 4 is 62.3 Å². The van der Waals surface area contributed by atoms with Crippen LogP contribution in [0.5, 0.6) is 0 Å². The molecule has 11 heteroatoms. The summed E-state index contributed by atoms with van der Waals surface area (Å²) in [6.45, 7) is 2.87. The minimum Gasteiger partial charge on any atom is -0.352 e. The van der Waals surface area contributed by atoms with Crippen LogP contribution >= 0.6 is 34.8 Å². The highest BCUT2D eigenvalue weighted by atomic mass is 35.5. The lowest BCUT2D eigenvalue weighted by atomic mass is 9.95. The average Bonchev–Trinajstić information content (AvgIpc) is 2.82. The van der Waals surface area contributed by atoms with Crippen molar-refractivity contribution in [2.24, 2.45) is 0 Å².